The quantitative estimate of drug-likeness (QED) is 0.546. The molecule has 115 valence electrons. The second-order valence-corrected chi connectivity index (χ2v) is 6.46. The lowest BCUT2D eigenvalue weighted by Gasteiger charge is -2.12. The zero-order valence-electron chi connectivity index (χ0n) is 13.4. The van der Waals surface area contributed by atoms with Crippen molar-refractivity contribution in [2.24, 2.45) is 0 Å². The molecule has 0 saturated carbocycles. The van der Waals surface area contributed by atoms with Gasteiger partial charge in [0.25, 0.3) is 0 Å². The third-order valence-corrected chi connectivity index (χ3v) is 4.20. The van der Waals surface area contributed by atoms with E-state index in [2.05, 4.69) is 56.1 Å². The summed E-state index contributed by atoms with van der Waals surface area (Å²) in [5, 5.41) is 0.727. The van der Waals surface area contributed by atoms with Gasteiger partial charge in [0.1, 0.15) is 0 Å². The van der Waals surface area contributed by atoms with Gasteiger partial charge in [-0.05, 0) is 47.7 Å². The Morgan fingerprint density at radius 3 is 2.13 bits per heavy atom. The number of pyridine rings is 1. The molecule has 2 aromatic carbocycles. The monoisotopic (exact) mass is 320 g/mol. The molecule has 2 heteroatoms. The van der Waals surface area contributed by atoms with E-state index in [1.807, 2.05) is 24.3 Å². The highest BCUT2D eigenvalue weighted by Crippen LogP contribution is 2.32. The minimum Gasteiger partial charge on any atom is -0.255 e. The first kappa shape index (κ1) is 15.8. The summed E-state index contributed by atoms with van der Waals surface area (Å²) in [4.78, 5) is 4.61. The van der Waals surface area contributed by atoms with Crippen LogP contribution in [0.25, 0.3) is 22.4 Å². The third-order valence-electron chi connectivity index (χ3n) is 3.95. The third kappa shape index (κ3) is 3.46. The Morgan fingerprint density at radius 1 is 0.913 bits per heavy atom. The summed E-state index contributed by atoms with van der Waals surface area (Å²) in [6, 6.07) is 18.5. The molecular formula is C21H19ClN. The first-order valence-electron chi connectivity index (χ1n) is 7.73. The fourth-order valence-corrected chi connectivity index (χ4v) is 2.74. The van der Waals surface area contributed by atoms with Gasteiger partial charge in [0, 0.05) is 22.3 Å². The van der Waals surface area contributed by atoms with Gasteiger partial charge in [-0.15, -0.1) is 0 Å². The fraction of sp³-hybridized carbons (Fsp3) is 0.143. The van der Waals surface area contributed by atoms with Gasteiger partial charge in [0.2, 0.25) is 0 Å². The topological polar surface area (TPSA) is 12.9 Å². The Bertz CT molecular complexity index is 802. The van der Waals surface area contributed by atoms with E-state index in [-0.39, 0.29) is 0 Å². The van der Waals surface area contributed by atoms with Crippen LogP contribution in [0.5, 0.6) is 0 Å². The number of aromatic nitrogens is 1. The van der Waals surface area contributed by atoms with Crippen molar-refractivity contribution in [1.82, 2.24) is 4.98 Å². The zero-order chi connectivity index (χ0) is 16.4. The number of benzene rings is 2. The molecule has 3 rings (SSSR count). The van der Waals surface area contributed by atoms with E-state index >= 15 is 0 Å². The van der Waals surface area contributed by atoms with Crippen LogP contribution in [0.15, 0.2) is 60.8 Å². The van der Waals surface area contributed by atoms with E-state index in [4.69, 9.17) is 11.6 Å². The molecule has 0 unspecified atom stereocenters. The SMILES string of the molecule is [CH2]c1cnc(-c2ccc(Cl)cc2)c(-c2ccc(C(C)C)cc2)c1. The molecule has 0 amide bonds. The molecule has 0 saturated heterocycles. The molecule has 0 aliphatic heterocycles. The van der Waals surface area contributed by atoms with E-state index in [0.717, 1.165) is 33.0 Å². The van der Waals surface area contributed by atoms with Crippen molar-refractivity contribution in [1.29, 1.82) is 0 Å². The van der Waals surface area contributed by atoms with Crippen molar-refractivity contribution in [3.05, 3.63) is 83.9 Å². The Balaban J connectivity index is 2.10. The van der Waals surface area contributed by atoms with Crippen LogP contribution in [-0.2, 0) is 0 Å². The maximum absolute atomic E-state index is 6.00. The first-order valence-corrected chi connectivity index (χ1v) is 8.10. The van der Waals surface area contributed by atoms with Gasteiger partial charge >= 0.3 is 0 Å². The summed E-state index contributed by atoms with van der Waals surface area (Å²) in [6.07, 6.45) is 1.80. The fourth-order valence-electron chi connectivity index (χ4n) is 2.61. The van der Waals surface area contributed by atoms with Crippen LogP contribution in [0.2, 0.25) is 5.02 Å². The van der Waals surface area contributed by atoms with Crippen LogP contribution in [0, 0.1) is 6.92 Å². The molecule has 23 heavy (non-hydrogen) atoms. The minimum atomic E-state index is 0.525. The van der Waals surface area contributed by atoms with E-state index in [1.165, 1.54) is 5.56 Å². The molecule has 0 N–H and O–H groups in total. The summed E-state index contributed by atoms with van der Waals surface area (Å²) in [5.74, 6) is 0.525. The van der Waals surface area contributed by atoms with Crippen LogP contribution in [0.3, 0.4) is 0 Å². The van der Waals surface area contributed by atoms with Crippen LogP contribution in [0.4, 0.5) is 0 Å². The van der Waals surface area contributed by atoms with Crippen molar-refractivity contribution in [3.8, 4) is 22.4 Å². The molecule has 0 spiro atoms. The van der Waals surface area contributed by atoms with Gasteiger partial charge < -0.3 is 0 Å². The molecule has 1 aromatic heterocycles. The lowest BCUT2D eigenvalue weighted by atomic mass is 9.95. The predicted molar refractivity (Wildman–Crippen MR) is 98.7 cm³/mol. The van der Waals surface area contributed by atoms with Crippen LogP contribution < -0.4 is 0 Å². The number of rotatable bonds is 3. The van der Waals surface area contributed by atoms with Gasteiger partial charge in [0.15, 0.2) is 0 Å². The summed E-state index contributed by atoms with van der Waals surface area (Å²) in [7, 11) is 0. The second kappa shape index (κ2) is 6.55. The molecule has 0 aliphatic carbocycles. The molecule has 0 fully saturated rings. The molecule has 1 nitrogen and oxygen atoms in total. The lowest BCUT2D eigenvalue weighted by molar-refractivity contribution is 0.867. The average Bonchev–Trinajstić information content (AvgIpc) is 2.56. The van der Waals surface area contributed by atoms with Gasteiger partial charge in [-0.2, -0.15) is 0 Å². The normalized spacial score (nSPS) is 11.0. The molecule has 0 atom stereocenters. The average molecular weight is 321 g/mol. The highest BCUT2D eigenvalue weighted by Gasteiger charge is 2.10. The predicted octanol–water partition coefficient (Wildman–Crippen LogP) is 6.37. The van der Waals surface area contributed by atoms with Crippen molar-refractivity contribution in [3.63, 3.8) is 0 Å². The van der Waals surface area contributed by atoms with Crippen molar-refractivity contribution in [2.75, 3.05) is 0 Å². The molecule has 0 aliphatic rings. The van der Waals surface area contributed by atoms with Crippen molar-refractivity contribution < 1.29 is 0 Å². The number of halogens is 1. The zero-order valence-corrected chi connectivity index (χ0v) is 14.1. The van der Waals surface area contributed by atoms with Gasteiger partial charge in [0.05, 0.1) is 5.69 Å². The standard InChI is InChI=1S/C21H19ClN/c1-14(2)16-4-6-17(7-5-16)20-12-15(3)13-23-21(20)18-8-10-19(22)11-9-18/h4-14H,3H2,1-2H3. The minimum absolute atomic E-state index is 0.525. The second-order valence-electron chi connectivity index (χ2n) is 6.02. The van der Waals surface area contributed by atoms with Gasteiger partial charge in [-0.3, -0.25) is 4.98 Å². The smallest absolute Gasteiger partial charge is 0.0780 e. The van der Waals surface area contributed by atoms with Gasteiger partial charge in [-0.1, -0.05) is 61.8 Å². The Labute approximate surface area is 143 Å². The van der Waals surface area contributed by atoms with Crippen LogP contribution >= 0.6 is 11.6 Å². The van der Waals surface area contributed by atoms with Crippen LogP contribution in [-0.4, -0.2) is 4.98 Å². The molecule has 3 aromatic rings. The largest absolute Gasteiger partial charge is 0.255 e. The first-order chi connectivity index (χ1) is 11.0. The highest BCUT2D eigenvalue weighted by molar-refractivity contribution is 6.30. The summed E-state index contributed by atoms with van der Waals surface area (Å²) < 4.78 is 0. The van der Waals surface area contributed by atoms with E-state index in [1.54, 1.807) is 6.20 Å². The lowest BCUT2D eigenvalue weighted by Crippen LogP contribution is -1.92. The molecule has 1 radical (unpaired) electrons. The molecular weight excluding hydrogens is 302 g/mol. The number of hydrogen-bond donors (Lipinski definition) is 0. The van der Waals surface area contributed by atoms with Crippen molar-refractivity contribution >= 4 is 11.6 Å². The summed E-state index contributed by atoms with van der Waals surface area (Å²) in [6.45, 7) is 8.42. The number of nitrogens with zero attached hydrogens (tertiary/aromatic N) is 1. The summed E-state index contributed by atoms with van der Waals surface area (Å²) >= 11 is 6.00. The van der Waals surface area contributed by atoms with E-state index in [0.29, 0.717) is 5.92 Å². The van der Waals surface area contributed by atoms with Crippen LogP contribution in [0.1, 0.15) is 30.9 Å². The number of hydrogen-bond acceptors (Lipinski definition) is 1. The Kier molecular flexibility index (Phi) is 4.49. The van der Waals surface area contributed by atoms with Crippen molar-refractivity contribution in [2.45, 2.75) is 19.8 Å². The maximum Gasteiger partial charge on any atom is 0.0780 e. The molecule has 0 bridgehead atoms. The molecule has 1 heterocycles. The van der Waals surface area contributed by atoms with Gasteiger partial charge in [-0.25, -0.2) is 0 Å². The Morgan fingerprint density at radius 2 is 1.52 bits per heavy atom. The summed E-state index contributed by atoms with van der Waals surface area (Å²) in [5.41, 5.74) is 6.49. The van der Waals surface area contributed by atoms with E-state index < -0.39 is 0 Å². The highest BCUT2D eigenvalue weighted by atomic mass is 35.5. The Hall–Kier alpha value is -2.12. The maximum atomic E-state index is 6.00. The van der Waals surface area contributed by atoms with E-state index in [9.17, 15) is 0 Å².